The Morgan fingerprint density at radius 1 is 0.157 bits per heavy atom. The summed E-state index contributed by atoms with van der Waals surface area (Å²) in [6, 6.07) is 138. The van der Waals surface area contributed by atoms with Gasteiger partial charge in [-0.25, -0.2) is 0 Å². The molecule has 102 heavy (non-hydrogen) atoms. The van der Waals surface area contributed by atoms with E-state index in [1.807, 2.05) is 22.7 Å². The van der Waals surface area contributed by atoms with Crippen LogP contribution >= 0.6 is 22.7 Å². The number of nitrogens with zero attached hydrogens (tertiary/aromatic N) is 2. The van der Waals surface area contributed by atoms with Crippen molar-refractivity contribution in [2.75, 3.05) is 9.80 Å². The van der Waals surface area contributed by atoms with Gasteiger partial charge in [-0.1, -0.05) is 322 Å². The Morgan fingerprint density at radius 2 is 0.471 bits per heavy atom. The van der Waals surface area contributed by atoms with Crippen LogP contribution in [0, 0.1) is 0 Å². The second kappa shape index (κ2) is 24.6. The van der Waals surface area contributed by atoms with Gasteiger partial charge in [0.1, 0.15) is 0 Å². The van der Waals surface area contributed by atoms with Gasteiger partial charge in [0.25, 0.3) is 0 Å². The summed E-state index contributed by atoms with van der Waals surface area (Å²) >= 11 is 3.80. The monoisotopic (exact) mass is 1330 g/mol. The van der Waals surface area contributed by atoms with Crippen molar-refractivity contribution in [3.8, 4) is 33.4 Å². The van der Waals surface area contributed by atoms with Crippen LogP contribution in [0.15, 0.2) is 376 Å². The minimum absolute atomic E-state index is 1.13. The van der Waals surface area contributed by atoms with Crippen molar-refractivity contribution in [1.82, 2.24) is 0 Å². The molecule has 0 saturated carbocycles. The third-order valence-electron chi connectivity index (χ3n) is 20.9. The number of thiophene rings is 2. The van der Waals surface area contributed by atoms with E-state index >= 15 is 0 Å². The zero-order chi connectivity index (χ0) is 67.2. The molecule has 0 spiro atoms. The number of hydrogen-bond donors (Lipinski definition) is 0. The Balaban J connectivity index is 0.000000138. The van der Waals surface area contributed by atoms with Crippen molar-refractivity contribution in [3.63, 3.8) is 0 Å². The summed E-state index contributed by atoms with van der Waals surface area (Å²) in [6.07, 6.45) is 0. The van der Waals surface area contributed by atoms with Crippen LogP contribution < -0.4 is 9.80 Å². The summed E-state index contributed by atoms with van der Waals surface area (Å²) in [5.74, 6) is 0. The van der Waals surface area contributed by atoms with E-state index < -0.39 is 0 Å². The van der Waals surface area contributed by atoms with Gasteiger partial charge in [0, 0.05) is 53.4 Å². The van der Waals surface area contributed by atoms with E-state index in [0.29, 0.717) is 0 Å². The molecule has 0 aliphatic carbocycles. The molecule has 2 aromatic heterocycles. The van der Waals surface area contributed by atoms with E-state index in [1.54, 1.807) is 0 Å². The zero-order valence-corrected chi connectivity index (χ0v) is 57.1. The van der Waals surface area contributed by atoms with Crippen molar-refractivity contribution in [2.24, 2.45) is 0 Å². The first-order valence-corrected chi connectivity index (χ1v) is 36.6. The van der Waals surface area contributed by atoms with Crippen molar-refractivity contribution >= 4 is 183 Å². The lowest BCUT2D eigenvalue weighted by atomic mass is 9.96. The van der Waals surface area contributed by atoms with Crippen LogP contribution in [-0.4, -0.2) is 0 Å². The summed E-state index contributed by atoms with van der Waals surface area (Å²) in [7, 11) is 0. The number of hydrogen-bond acceptors (Lipinski definition) is 4. The lowest BCUT2D eigenvalue weighted by molar-refractivity contribution is 1.31. The quantitative estimate of drug-likeness (QED) is 0.133. The van der Waals surface area contributed by atoms with Crippen molar-refractivity contribution in [1.29, 1.82) is 0 Å². The minimum atomic E-state index is 1.13. The number of fused-ring (bicyclic) bond motifs is 18. The molecule has 0 aliphatic heterocycles. The molecule has 0 amide bonds. The van der Waals surface area contributed by atoms with Gasteiger partial charge < -0.3 is 9.80 Å². The molecule has 2 nitrogen and oxygen atoms in total. The van der Waals surface area contributed by atoms with Crippen LogP contribution in [0.4, 0.5) is 34.1 Å². The van der Waals surface area contributed by atoms with E-state index in [4.69, 9.17) is 0 Å². The van der Waals surface area contributed by atoms with Gasteiger partial charge in [0.05, 0.1) is 26.5 Å². The predicted octanol–water partition coefficient (Wildman–Crippen LogP) is 29.3. The fourth-order valence-electron chi connectivity index (χ4n) is 16.0. The molecule has 0 radical (unpaired) electrons. The number of rotatable bonds is 9. The molecule has 2 heterocycles. The molecular formula is C98H62N2S2. The minimum Gasteiger partial charge on any atom is -0.309 e. The first kappa shape index (κ1) is 59.4. The molecule has 0 fully saturated rings. The average molecular weight is 1330 g/mol. The summed E-state index contributed by atoms with van der Waals surface area (Å²) in [4.78, 5) is 4.93. The maximum Gasteiger partial charge on any atom is 0.0640 e. The lowest BCUT2D eigenvalue weighted by Gasteiger charge is -2.28. The molecule has 0 atom stereocenters. The van der Waals surface area contributed by atoms with Crippen molar-refractivity contribution < 1.29 is 0 Å². The molecule has 4 heteroatoms. The van der Waals surface area contributed by atoms with Gasteiger partial charge in [-0.3, -0.25) is 0 Å². The SMILES string of the molecule is c1ccc2c(-c3ccc(-c4ccc(N(c5cc6ccccc6c6ccccc56)c5cccc6c5sc5c7ccccc7ccc65)cc4)cc3)cccc2c1.c1ccc2c(-c3ccc(N(c4ccc5c(ccc6ccccc65)c4)c4cccc5c4sc4c6ccccc6ccc54)cc3)cccc2c1. The van der Waals surface area contributed by atoms with Gasteiger partial charge in [-0.15, -0.1) is 22.7 Å². The third kappa shape index (κ3) is 10.1. The van der Waals surface area contributed by atoms with Crippen LogP contribution in [0.5, 0.6) is 0 Å². The summed E-state index contributed by atoms with van der Waals surface area (Å²) in [5.41, 5.74) is 14.3. The predicted molar refractivity (Wildman–Crippen MR) is 444 cm³/mol. The summed E-state index contributed by atoms with van der Waals surface area (Å²) in [6.45, 7) is 0. The van der Waals surface area contributed by atoms with Gasteiger partial charge in [0.2, 0.25) is 0 Å². The van der Waals surface area contributed by atoms with Crippen LogP contribution in [0.25, 0.3) is 160 Å². The third-order valence-corrected chi connectivity index (χ3v) is 23.4. The normalized spacial score (nSPS) is 11.7. The fourth-order valence-corrected chi connectivity index (χ4v) is 18.6. The molecular weight excluding hydrogens is 1270 g/mol. The largest absolute Gasteiger partial charge is 0.309 e. The average Bonchev–Trinajstić information content (AvgIpc) is 1.72. The van der Waals surface area contributed by atoms with Crippen LogP contribution in [0.2, 0.25) is 0 Å². The van der Waals surface area contributed by atoms with Gasteiger partial charge in [0.15, 0.2) is 0 Å². The van der Waals surface area contributed by atoms with Gasteiger partial charge in [-0.05, 0) is 169 Å². The van der Waals surface area contributed by atoms with E-state index in [9.17, 15) is 0 Å². The molecule has 476 valence electrons. The van der Waals surface area contributed by atoms with E-state index in [0.717, 1.165) is 17.1 Å². The van der Waals surface area contributed by atoms with Crippen LogP contribution in [0.3, 0.4) is 0 Å². The number of benzene rings is 19. The molecule has 0 saturated heterocycles. The zero-order valence-electron chi connectivity index (χ0n) is 55.5. The molecule has 0 unspecified atom stereocenters. The topological polar surface area (TPSA) is 6.48 Å². The van der Waals surface area contributed by atoms with E-state index in [1.165, 1.54) is 177 Å². The van der Waals surface area contributed by atoms with E-state index in [-0.39, 0.29) is 0 Å². The second-order valence-corrected chi connectivity index (χ2v) is 28.6. The summed E-state index contributed by atoms with van der Waals surface area (Å²) in [5, 5.41) is 25.5. The maximum absolute atomic E-state index is 2.49. The van der Waals surface area contributed by atoms with Gasteiger partial charge >= 0.3 is 0 Å². The summed E-state index contributed by atoms with van der Waals surface area (Å²) < 4.78 is 5.25. The van der Waals surface area contributed by atoms with E-state index in [2.05, 4.69) is 386 Å². The molecule has 21 aromatic rings. The first-order valence-electron chi connectivity index (χ1n) is 34.9. The lowest BCUT2D eigenvalue weighted by Crippen LogP contribution is -2.10. The first-order chi connectivity index (χ1) is 50.6. The highest BCUT2D eigenvalue weighted by Gasteiger charge is 2.24. The Bertz CT molecular complexity index is 6870. The molecule has 19 aromatic carbocycles. The van der Waals surface area contributed by atoms with Crippen molar-refractivity contribution in [2.45, 2.75) is 0 Å². The Morgan fingerprint density at radius 3 is 1.02 bits per heavy atom. The maximum atomic E-state index is 2.49. The molecule has 21 rings (SSSR count). The second-order valence-electron chi connectivity index (χ2n) is 26.6. The standard InChI is InChI=1S/C52H33NS.C46H29NS/c1-4-15-41-36(11-1)14-9-20-42(41)38-25-23-34(24-26-38)35-27-30-40(31-28-35)53(50-33-39-13-3-5-16-43(39)45-18-7-8-19-46(45)50)49-22-10-21-47-48-32-29-37-12-2-6-17-44(37)51(48)54-52(47)49;1-4-13-37-30(9-1)12-7-16-39(37)33-21-24-35(25-22-33)47(36-26-28-40-34(29-36)20-19-31-10-2-5-14-38(31)40)44-18-8-17-42-43-27-23-32-11-3-6-15-41(32)45(43)48-46(42)44/h1-33H;1-29H. The fraction of sp³-hybridized carbons (Fsp3) is 0. The van der Waals surface area contributed by atoms with Crippen LogP contribution in [0.1, 0.15) is 0 Å². The van der Waals surface area contributed by atoms with Crippen LogP contribution in [-0.2, 0) is 0 Å². The highest BCUT2D eigenvalue weighted by molar-refractivity contribution is 7.27. The highest BCUT2D eigenvalue weighted by atomic mass is 32.1. The Hall–Kier alpha value is -12.7. The molecule has 0 bridgehead atoms. The highest BCUT2D eigenvalue weighted by Crippen LogP contribution is 2.51. The molecule has 0 aliphatic rings. The van der Waals surface area contributed by atoms with Crippen molar-refractivity contribution in [3.05, 3.63) is 376 Å². The Labute approximate surface area is 598 Å². The smallest absolute Gasteiger partial charge is 0.0640 e. The van der Waals surface area contributed by atoms with Gasteiger partial charge in [-0.2, -0.15) is 0 Å². The molecule has 0 N–H and O–H groups in total. The Kier molecular flexibility index (Phi) is 14.3. The number of anilines is 6.